The van der Waals surface area contributed by atoms with Gasteiger partial charge in [0.15, 0.2) is 5.88 Å². The molecule has 0 saturated carbocycles. The van der Waals surface area contributed by atoms with Crippen molar-refractivity contribution in [3.05, 3.63) is 29.8 Å². The molecule has 0 aliphatic rings. The number of H-pyrrole nitrogens is 1. The van der Waals surface area contributed by atoms with Crippen LogP contribution in [-0.2, 0) is 0 Å². The third-order valence-corrected chi connectivity index (χ3v) is 3.39. The highest BCUT2D eigenvalue weighted by Crippen LogP contribution is 2.24. The first-order valence-electron chi connectivity index (χ1n) is 6.78. The van der Waals surface area contributed by atoms with Gasteiger partial charge in [-0.3, -0.25) is 4.99 Å². The van der Waals surface area contributed by atoms with Crippen LogP contribution in [0.4, 0.5) is 0 Å². The fourth-order valence-electron chi connectivity index (χ4n) is 2.17. The Bertz CT molecular complexity index is 556. The summed E-state index contributed by atoms with van der Waals surface area (Å²) in [6, 6.07) is 7.84. The number of fused-ring (bicyclic) bond motifs is 1. The molecule has 19 heavy (non-hydrogen) atoms. The SMILES string of the molecule is CCN(CC)CCN=Cc1c(O)[nH]c2ccccc12. The topological polar surface area (TPSA) is 51.6 Å². The van der Waals surface area contributed by atoms with Gasteiger partial charge >= 0.3 is 0 Å². The largest absolute Gasteiger partial charge is 0.494 e. The van der Waals surface area contributed by atoms with E-state index < -0.39 is 0 Å². The minimum atomic E-state index is 0.188. The molecule has 0 amide bonds. The number of rotatable bonds is 6. The van der Waals surface area contributed by atoms with Crippen LogP contribution in [0.25, 0.3) is 10.9 Å². The van der Waals surface area contributed by atoms with Crippen molar-refractivity contribution in [3.63, 3.8) is 0 Å². The molecule has 2 N–H and O–H groups in total. The molecule has 0 aliphatic carbocycles. The van der Waals surface area contributed by atoms with Crippen LogP contribution in [0.15, 0.2) is 29.3 Å². The molecule has 0 unspecified atom stereocenters. The van der Waals surface area contributed by atoms with Crippen molar-refractivity contribution in [2.45, 2.75) is 13.8 Å². The number of nitrogens with one attached hydrogen (secondary N) is 1. The Hall–Kier alpha value is -1.81. The minimum Gasteiger partial charge on any atom is -0.494 e. The van der Waals surface area contributed by atoms with Gasteiger partial charge in [-0.2, -0.15) is 0 Å². The Kier molecular flexibility index (Phi) is 4.58. The van der Waals surface area contributed by atoms with E-state index in [4.69, 9.17) is 0 Å². The average molecular weight is 259 g/mol. The molecule has 0 saturated heterocycles. The maximum absolute atomic E-state index is 9.88. The smallest absolute Gasteiger partial charge is 0.198 e. The average Bonchev–Trinajstić information content (AvgIpc) is 2.75. The zero-order chi connectivity index (χ0) is 13.7. The van der Waals surface area contributed by atoms with Gasteiger partial charge in [-0.05, 0) is 19.2 Å². The van der Waals surface area contributed by atoms with E-state index in [1.807, 2.05) is 24.3 Å². The molecule has 0 atom stereocenters. The number of hydrogen-bond acceptors (Lipinski definition) is 3. The Morgan fingerprint density at radius 1 is 1.26 bits per heavy atom. The lowest BCUT2D eigenvalue weighted by Crippen LogP contribution is -2.25. The van der Waals surface area contributed by atoms with Crippen LogP contribution in [0, 0.1) is 0 Å². The maximum atomic E-state index is 9.88. The van der Waals surface area contributed by atoms with E-state index in [9.17, 15) is 5.11 Å². The molecule has 4 nitrogen and oxygen atoms in total. The van der Waals surface area contributed by atoms with E-state index in [-0.39, 0.29) is 5.88 Å². The van der Waals surface area contributed by atoms with Crippen molar-refractivity contribution in [2.24, 2.45) is 4.99 Å². The van der Waals surface area contributed by atoms with Crippen molar-refractivity contribution in [1.82, 2.24) is 9.88 Å². The molecule has 0 fully saturated rings. The summed E-state index contributed by atoms with van der Waals surface area (Å²) in [7, 11) is 0. The molecule has 2 aromatic rings. The number of aromatic nitrogens is 1. The summed E-state index contributed by atoms with van der Waals surface area (Å²) in [6.07, 6.45) is 1.76. The molecular weight excluding hydrogens is 238 g/mol. The van der Waals surface area contributed by atoms with Crippen molar-refractivity contribution in [2.75, 3.05) is 26.2 Å². The zero-order valence-corrected chi connectivity index (χ0v) is 11.6. The summed E-state index contributed by atoms with van der Waals surface area (Å²) in [5.74, 6) is 0.188. The third-order valence-electron chi connectivity index (χ3n) is 3.39. The summed E-state index contributed by atoms with van der Waals surface area (Å²) in [4.78, 5) is 9.69. The summed E-state index contributed by atoms with van der Waals surface area (Å²) in [5.41, 5.74) is 1.71. The molecule has 0 spiro atoms. The van der Waals surface area contributed by atoms with Gasteiger partial charge in [0, 0.05) is 23.7 Å². The molecule has 0 bridgehead atoms. The van der Waals surface area contributed by atoms with E-state index in [0.717, 1.165) is 42.6 Å². The molecule has 1 heterocycles. The van der Waals surface area contributed by atoms with Gasteiger partial charge in [-0.15, -0.1) is 0 Å². The number of aromatic amines is 1. The Morgan fingerprint density at radius 2 is 2.00 bits per heavy atom. The fraction of sp³-hybridized carbons (Fsp3) is 0.400. The van der Waals surface area contributed by atoms with Crippen LogP contribution in [0.3, 0.4) is 0 Å². The predicted molar refractivity (Wildman–Crippen MR) is 80.2 cm³/mol. The fourth-order valence-corrected chi connectivity index (χ4v) is 2.17. The van der Waals surface area contributed by atoms with Crippen molar-refractivity contribution < 1.29 is 5.11 Å². The third kappa shape index (κ3) is 3.15. The molecule has 0 radical (unpaired) electrons. The van der Waals surface area contributed by atoms with Crippen LogP contribution in [0.5, 0.6) is 5.88 Å². The molecule has 0 aliphatic heterocycles. The van der Waals surface area contributed by atoms with Gasteiger partial charge in [0.25, 0.3) is 0 Å². The van der Waals surface area contributed by atoms with Gasteiger partial charge in [-0.25, -0.2) is 0 Å². The quantitative estimate of drug-likeness (QED) is 0.784. The number of hydrogen-bond donors (Lipinski definition) is 2. The number of nitrogens with zero attached hydrogens (tertiary/aromatic N) is 2. The number of aromatic hydroxyl groups is 1. The van der Waals surface area contributed by atoms with Crippen molar-refractivity contribution in [1.29, 1.82) is 0 Å². The van der Waals surface area contributed by atoms with E-state index in [0.29, 0.717) is 0 Å². The van der Waals surface area contributed by atoms with Gasteiger partial charge in [0.2, 0.25) is 0 Å². The lowest BCUT2D eigenvalue weighted by molar-refractivity contribution is 0.313. The summed E-state index contributed by atoms with van der Waals surface area (Å²) < 4.78 is 0. The lowest BCUT2D eigenvalue weighted by atomic mass is 10.2. The molecule has 2 rings (SSSR count). The number of aliphatic imine (C=N–C) groups is 1. The van der Waals surface area contributed by atoms with Gasteiger partial charge in [0.1, 0.15) is 0 Å². The Labute approximate surface area is 113 Å². The highest BCUT2D eigenvalue weighted by molar-refractivity contribution is 6.01. The molecule has 1 aromatic heterocycles. The maximum Gasteiger partial charge on any atom is 0.198 e. The zero-order valence-electron chi connectivity index (χ0n) is 11.6. The van der Waals surface area contributed by atoms with Crippen molar-refractivity contribution in [3.8, 4) is 5.88 Å². The van der Waals surface area contributed by atoms with Crippen molar-refractivity contribution >= 4 is 17.1 Å². The van der Waals surface area contributed by atoms with Gasteiger partial charge < -0.3 is 15.0 Å². The molecule has 4 heteroatoms. The number of likely N-dealkylation sites (N-methyl/N-ethyl adjacent to an activating group) is 1. The van der Waals surface area contributed by atoms with Crippen LogP contribution in [0.1, 0.15) is 19.4 Å². The molecule has 102 valence electrons. The predicted octanol–water partition coefficient (Wildman–Crippen LogP) is 2.63. The normalized spacial score (nSPS) is 11.9. The van der Waals surface area contributed by atoms with Gasteiger partial charge in [0.05, 0.1) is 12.1 Å². The molecule has 1 aromatic carbocycles. The highest BCUT2D eigenvalue weighted by Gasteiger charge is 2.07. The second-order valence-electron chi connectivity index (χ2n) is 4.50. The number of para-hydroxylation sites is 1. The first-order valence-corrected chi connectivity index (χ1v) is 6.78. The van der Waals surface area contributed by atoms with Crippen LogP contribution in [0.2, 0.25) is 0 Å². The first-order chi connectivity index (χ1) is 9.26. The Balaban J connectivity index is 2.06. The minimum absolute atomic E-state index is 0.188. The van der Waals surface area contributed by atoms with Gasteiger partial charge in [-0.1, -0.05) is 32.0 Å². The monoisotopic (exact) mass is 259 g/mol. The number of benzene rings is 1. The van der Waals surface area contributed by atoms with Crippen LogP contribution < -0.4 is 0 Å². The summed E-state index contributed by atoms with van der Waals surface area (Å²) >= 11 is 0. The molecular formula is C15H21N3O. The van der Waals surface area contributed by atoms with Crippen LogP contribution >= 0.6 is 0 Å². The summed E-state index contributed by atoms with van der Waals surface area (Å²) in [5, 5.41) is 10.9. The standard InChI is InChI=1S/C15H21N3O/c1-3-18(4-2)10-9-16-11-13-12-7-5-6-8-14(12)17-15(13)19/h5-8,11,17,19H,3-4,9-10H2,1-2H3. The van der Waals surface area contributed by atoms with E-state index in [1.165, 1.54) is 0 Å². The van der Waals surface area contributed by atoms with E-state index >= 15 is 0 Å². The summed E-state index contributed by atoms with van der Waals surface area (Å²) in [6.45, 7) is 8.10. The second-order valence-corrected chi connectivity index (χ2v) is 4.50. The highest BCUT2D eigenvalue weighted by atomic mass is 16.3. The lowest BCUT2D eigenvalue weighted by Gasteiger charge is -2.15. The Morgan fingerprint density at radius 3 is 2.74 bits per heavy atom. The first kappa shape index (κ1) is 13.6. The van der Waals surface area contributed by atoms with E-state index in [1.54, 1.807) is 6.21 Å². The van der Waals surface area contributed by atoms with E-state index in [2.05, 4.69) is 28.7 Å². The second kappa shape index (κ2) is 6.38. The van der Waals surface area contributed by atoms with Crippen LogP contribution in [-0.4, -0.2) is 47.4 Å².